The molecule has 2 unspecified atom stereocenters. The lowest BCUT2D eigenvalue weighted by molar-refractivity contribution is 0.223. The van der Waals surface area contributed by atoms with Crippen LogP contribution in [0.5, 0.6) is 0 Å². The molecule has 3 nitrogen and oxygen atoms in total. The lowest BCUT2D eigenvalue weighted by Gasteiger charge is -2.29. The molecule has 0 aromatic rings. The molecule has 0 aliphatic carbocycles. The Hall–Kier alpha value is -0.120. The highest BCUT2D eigenvalue weighted by atomic mass is 15.2. The van der Waals surface area contributed by atoms with Crippen LogP contribution >= 0.6 is 0 Å². The molecule has 1 saturated heterocycles. The molecule has 1 rings (SSSR count). The molecule has 1 N–H and O–H groups in total. The van der Waals surface area contributed by atoms with Crippen molar-refractivity contribution in [3.8, 4) is 0 Å². The summed E-state index contributed by atoms with van der Waals surface area (Å²) < 4.78 is 0. The van der Waals surface area contributed by atoms with Gasteiger partial charge in [-0.2, -0.15) is 0 Å². The van der Waals surface area contributed by atoms with E-state index in [0.717, 1.165) is 12.5 Å². The van der Waals surface area contributed by atoms with Gasteiger partial charge in [0, 0.05) is 24.7 Å². The minimum Gasteiger partial charge on any atom is -0.312 e. The van der Waals surface area contributed by atoms with Crippen LogP contribution in [0.4, 0.5) is 0 Å². The second kappa shape index (κ2) is 9.01. The highest BCUT2D eigenvalue weighted by Crippen LogP contribution is 2.14. The minimum atomic E-state index is 0.666. The number of rotatable bonds is 7. The third-order valence-electron chi connectivity index (χ3n) is 4.61. The monoisotopic (exact) mass is 283 g/mol. The summed E-state index contributed by atoms with van der Waals surface area (Å²) >= 11 is 0. The first-order valence-corrected chi connectivity index (χ1v) is 8.54. The van der Waals surface area contributed by atoms with Crippen LogP contribution in [0.25, 0.3) is 0 Å². The molecule has 0 bridgehead atoms. The summed E-state index contributed by atoms with van der Waals surface area (Å²) in [5.41, 5.74) is 0. The van der Waals surface area contributed by atoms with Crippen molar-refractivity contribution in [1.29, 1.82) is 0 Å². The number of nitrogens with one attached hydrogen (secondary N) is 1. The maximum Gasteiger partial charge on any atom is 0.0217 e. The summed E-state index contributed by atoms with van der Waals surface area (Å²) in [4.78, 5) is 5.00. The van der Waals surface area contributed by atoms with Gasteiger partial charge in [0.15, 0.2) is 0 Å². The molecule has 1 fully saturated rings. The fourth-order valence-corrected chi connectivity index (χ4v) is 3.16. The van der Waals surface area contributed by atoms with E-state index >= 15 is 0 Å². The number of hydrogen-bond donors (Lipinski definition) is 1. The lowest BCUT2D eigenvalue weighted by atomic mass is 10.0. The molecule has 2 atom stereocenters. The number of likely N-dealkylation sites (tertiary alicyclic amines) is 1. The predicted octanol–water partition coefficient (Wildman–Crippen LogP) is 2.82. The molecular weight excluding hydrogens is 246 g/mol. The van der Waals surface area contributed by atoms with E-state index in [2.05, 4.69) is 56.9 Å². The topological polar surface area (TPSA) is 18.5 Å². The Balaban J connectivity index is 2.36. The average molecular weight is 284 g/mol. The van der Waals surface area contributed by atoms with Crippen molar-refractivity contribution in [3.05, 3.63) is 0 Å². The Morgan fingerprint density at radius 1 is 1.10 bits per heavy atom. The van der Waals surface area contributed by atoms with E-state index < -0.39 is 0 Å². The molecule has 0 aromatic heterocycles. The standard InChI is InChI=1S/C17H37N3/c1-14(2)12-17(19(5)6)13-18-16-8-7-10-20(11-9-16)15(3)4/h14-18H,7-13H2,1-6H3. The van der Waals surface area contributed by atoms with Crippen molar-refractivity contribution in [2.75, 3.05) is 33.7 Å². The first-order chi connectivity index (χ1) is 9.40. The molecule has 20 heavy (non-hydrogen) atoms. The van der Waals surface area contributed by atoms with E-state index in [1.54, 1.807) is 0 Å². The SMILES string of the molecule is CC(C)CC(CNC1CCCN(C(C)C)CC1)N(C)C. The summed E-state index contributed by atoms with van der Waals surface area (Å²) in [5.74, 6) is 0.773. The Bertz CT molecular complexity index is 251. The second-order valence-corrected chi connectivity index (χ2v) is 7.41. The normalized spacial score (nSPS) is 23.6. The van der Waals surface area contributed by atoms with E-state index in [1.165, 1.54) is 38.8 Å². The van der Waals surface area contributed by atoms with Gasteiger partial charge in [0.1, 0.15) is 0 Å². The van der Waals surface area contributed by atoms with Crippen LogP contribution in [0.1, 0.15) is 53.4 Å². The van der Waals surface area contributed by atoms with Gasteiger partial charge in [-0.1, -0.05) is 13.8 Å². The maximum absolute atomic E-state index is 3.84. The van der Waals surface area contributed by atoms with Crippen molar-refractivity contribution in [3.63, 3.8) is 0 Å². The van der Waals surface area contributed by atoms with Gasteiger partial charge in [0.2, 0.25) is 0 Å². The van der Waals surface area contributed by atoms with Gasteiger partial charge in [0.25, 0.3) is 0 Å². The van der Waals surface area contributed by atoms with Crippen molar-refractivity contribution in [2.24, 2.45) is 5.92 Å². The summed E-state index contributed by atoms with van der Waals surface area (Å²) in [5, 5.41) is 3.84. The molecule has 0 saturated carbocycles. The average Bonchev–Trinajstić information content (AvgIpc) is 2.59. The molecule has 0 radical (unpaired) electrons. The maximum atomic E-state index is 3.84. The van der Waals surface area contributed by atoms with Crippen molar-refractivity contribution >= 4 is 0 Å². The molecule has 1 aliphatic rings. The Morgan fingerprint density at radius 2 is 1.80 bits per heavy atom. The fourth-order valence-electron chi connectivity index (χ4n) is 3.16. The molecule has 0 spiro atoms. The van der Waals surface area contributed by atoms with Gasteiger partial charge in [-0.3, -0.25) is 0 Å². The van der Waals surface area contributed by atoms with Crippen molar-refractivity contribution in [2.45, 2.75) is 71.5 Å². The van der Waals surface area contributed by atoms with E-state index in [9.17, 15) is 0 Å². The van der Waals surface area contributed by atoms with Gasteiger partial charge < -0.3 is 15.1 Å². The predicted molar refractivity (Wildman–Crippen MR) is 89.3 cm³/mol. The van der Waals surface area contributed by atoms with Crippen LogP contribution in [-0.2, 0) is 0 Å². The summed E-state index contributed by atoms with van der Waals surface area (Å²) in [6.07, 6.45) is 5.27. The first kappa shape index (κ1) is 17.9. The molecule has 0 aromatic carbocycles. The molecule has 0 amide bonds. The Labute approximate surface area is 127 Å². The summed E-state index contributed by atoms with van der Waals surface area (Å²) in [6.45, 7) is 12.9. The van der Waals surface area contributed by atoms with Crippen LogP contribution in [0.2, 0.25) is 0 Å². The lowest BCUT2D eigenvalue weighted by Crippen LogP contribution is -2.43. The molecule has 1 aliphatic heterocycles. The third-order valence-corrected chi connectivity index (χ3v) is 4.61. The first-order valence-electron chi connectivity index (χ1n) is 8.54. The van der Waals surface area contributed by atoms with Gasteiger partial charge in [-0.15, -0.1) is 0 Å². The zero-order chi connectivity index (χ0) is 15.1. The van der Waals surface area contributed by atoms with Crippen molar-refractivity contribution < 1.29 is 0 Å². The largest absolute Gasteiger partial charge is 0.312 e. The van der Waals surface area contributed by atoms with Crippen LogP contribution in [0, 0.1) is 5.92 Å². The Kier molecular flexibility index (Phi) is 8.08. The zero-order valence-electron chi connectivity index (χ0n) is 14.7. The minimum absolute atomic E-state index is 0.666. The van der Waals surface area contributed by atoms with E-state index in [4.69, 9.17) is 0 Å². The number of likely N-dealkylation sites (N-methyl/N-ethyl adjacent to an activating group) is 1. The molecule has 3 heteroatoms. The smallest absolute Gasteiger partial charge is 0.0217 e. The van der Waals surface area contributed by atoms with Crippen LogP contribution in [-0.4, -0.2) is 61.7 Å². The number of nitrogens with zero attached hydrogens (tertiary/aromatic N) is 2. The van der Waals surface area contributed by atoms with Gasteiger partial charge >= 0.3 is 0 Å². The van der Waals surface area contributed by atoms with E-state index in [0.29, 0.717) is 18.1 Å². The fraction of sp³-hybridized carbons (Fsp3) is 1.00. The summed E-state index contributed by atoms with van der Waals surface area (Å²) in [7, 11) is 4.42. The second-order valence-electron chi connectivity index (χ2n) is 7.41. The van der Waals surface area contributed by atoms with Crippen LogP contribution in [0.15, 0.2) is 0 Å². The van der Waals surface area contributed by atoms with E-state index in [-0.39, 0.29) is 0 Å². The highest BCUT2D eigenvalue weighted by Gasteiger charge is 2.20. The van der Waals surface area contributed by atoms with Crippen LogP contribution < -0.4 is 5.32 Å². The zero-order valence-corrected chi connectivity index (χ0v) is 14.7. The highest BCUT2D eigenvalue weighted by molar-refractivity contribution is 4.79. The molecule has 1 heterocycles. The van der Waals surface area contributed by atoms with Crippen molar-refractivity contribution in [1.82, 2.24) is 15.1 Å². The van der Waals surface area contributed by atoms with Gasteiger partial charge in [-0.25, -0.2) is 0 Å². The van der Waals surface area contributed by atoms with Gasteiger partial charge in [-0.05, 0) is 72.6 Å². The Morgan fingerprint density at radius 3 is 2.35 bits per heavy atom. The number of hydrogen-bond acceptors (Lipinski definition) is 3. The molecular formula is C17H37N3. The van der Waals surface area contributed by atoms with Crippen LogP contribution in [0.3, 0.4) is 0 Å². The quantitative estimate of drug-likeness (QED) is 0.775. The molecule has 120 valence electrons. The van der Waals surface area contributed by atoms with Gasteiger partial charge in [0.05, 0.1) is 0 Å². The third kappa shape index (κ3) is 6.55. The van der Waals surface area contributed by atoms with E-state index in [1.807, 2.05) is 0 Å². The summed E-state index contributed by atoms with van der Waals surface area (Å²) in [6, 6.07) is 2.08.